The number of urea groups is 1. The second-order valence-electron chi connectivity index (χ2n) is 9.21. The fourth-order valence-corrected chi connectivity index (χ4v) is 5.50. The van der Waals surface area contributed by atoms with Crippen molar-refractivity contribution in [2.45, 2.75) is 23.9 Å². The molecule has 0 bridgehead atoms. The van der Waals surface area contributed by atoms with Gasteiger partial charge >= 0.3 is 12.2 Å². The second-order valence-corrected chi connectivity index (χ2v) is 11.0. The standard InChI is InChI=1S/C28H25F5N4O5S/c1-4-20(28(31,32)33)19-15-37(43(39,40)18-7-5-16(2)6-8-18)26-24(19)23(9-10-34-26)42-25-21(29)13-17(14-22(25)30)36-27(38)35-11-12-41-3/h4-10,13-15,20H,1,11-12H2,2-3H3,(H2,35,36,38). The minimum atomic E-state index is -4.92. The number of carbonyl (C=O) groups excluding carboxylic acids is 1. The molecule has 0 spiro atoms. The van der Waals surface area contributed by atoms with E-state index < -0.39 is 67.9 Å². The highest BCUT2D eigenvalue weighted by atomic mass is 32.2. The van der Waals surface area contributed by atoms with Gasteiger partial charge in [-0.2, -0.15) is 13.2 Å². The number of methoxy groups -OCH3 is 1. The molecule has 2 aromatic carbocycles. The first-order valence-corrected chi connectivity index (χ1v) is 13.9. The van der Waals surface area contributed by atoms with Crippen LogP contribution in [0.25, 0.3) is 11.0 Å². The summed E-state index contributed by atoms with van der Waals surface area (Å²) in [6.45, 7) is 5.28. The fourth-order valence-electron chi connectivity index (χ4n) is 4.17. The number of nitrogens with one attached hydrogen (secondary N) is 2. The Morgan fingerprint density at radius 3 is 2.37 bits per heavy atom. The SMILES string of the molecule is C=CC(c1cn(S(=O)(=O)c2ccc(C)cc2)c2nccc(Oc3c(F)cc(NC(=O)NCCOC)cc3F)c12)C(F)(F)F. The summed E-state index contributed by atoms with van der Waals surface area (Å²) < 4.78 is 110. The minimum Gasteiger partial charge on any atom is -0.450 e. The molecule has 2 aromatic heterocycles. The maximum Gasteiger partial charge on any atom is 0.399 e. The van der Waals surface area contributed by atoms with Gasteiger partial charge in [0.25, 0.3) is 10.0 Å². The number of fused-ring (bicyclic) bond motifs is 1. The first-order valence-electron chi connectivity index (χ1n) is 12.5. The molecule has 9 nitrogen and oxygen atoms in total. The van der Waals surface area contributed by atoms with E-state index in [0.717, 1.165) is 36.2 Å². The van der Waals surface area contributed by atoms with Crippen LogP contribution in [0.1, 0.15) is 17.0 Å². The number of hydrogen-bond donors (Lipinski definition) is 2. The average Bonchev–Trinajstić information content (AvgIpc) is 3.31. The zero-order valence-electron chi connectivity index (χ0n) is 22.7. The number of aryl methyl sites for hydroxylation is 1. The van der Waals surface area contributed by atoms with E-state index in [1.165, 1.54) is 31.4 Å². The maximum atomic E-state index is 15.0. The zero-order chi connectivity index (χ0) is 31.5. The molecule has 0 radical (unpaired) electrons. The molecule has 228 valence electrons. The quantitative estimate of drug-likeness (QED) is 0.123. The predicted molar refractivity (Wildman–Crippen MR) is 148 cm³/mol. The average molecular weight is 625 g/mol. The molecule has 15 heteroatoms. The van der Waals surface area contributed by atoms with Gasteiger partial charge in [-0.3, -0.25) is 0 Å². The number of pyridine rings is 1. The van der Waals surface area contributed by atoms with Gasteiger partial charge in [-0.15, -0.1) is 6.58 Å². The van der Waals surface area contributed by atoms with E-state index in [9.17, 15) is 26.4 Å². The van der Waals surface area contributed by atoms with E-state index in [4.69, 9.17) is 9.47 Å². The molecule has 0 aliphatic heterocycles. The van der Waals surface area contributed by atoms with Crippen LogP contribution in [0.5, 0.6) is 11.5 Å². The van der Waals surface area contributed by atoms with Gasteiger partial charge in [-0.05, 0) is 25.1 Å². The zero-order valence-corrected chi connectivity index (χ0v) is 23.5. The Bertz CT molecular complexity index is 1750. The summed E-state index contributed by atoms with van der Waals surface area (Å²) in [5, 5.41) is 4.17. The van der Waals surface area contributed by atoms with Crippen LogP contribution in [0.3, 0.4) is 0 Å². The molecule has 43 heavy (non-hydrogen) atoms. The van der Waals surface area contributed by atoms with Crippen molar-refractivity contribution in [3.8, 4) is 11.5 Å². The summed E-state index contributed by atoms with van der Waals surface area (Å²) in [6.07, 6.45) is -2.60. The summed E-state index contributed by atoms with van der Waals surface area (Å²) in [4.78, 5) is 15.7. The molecule has 2 heterocycles. The lowest BCUT2D eigenvalue weighted by Crippen LogP contribution is -2.31. The number of ether oxygens (including phenoxy) is 2. The van der Waals surface area contributed by atoms with Crippen molar-refractivity contribution >= 4 is 32.8 Å². The van der Waals surface area contributed by atoms with Gasteiger partial charge in [-0.1, -0.05) is 23.8 Å². The molecule has 4 aromatic rings. The summed E-state index contributed by atoms with van der Waals surface area (Å²) >= 11 is 0. The normalized spacial score (nSPS) is 12.6. The van der Waals surface area contributed by atoms with E-state index in [-0.39, 0.29) is 23.7 Å². The highest BCUT2D eigenvalue weighted by Crippen LogP contribution is 2.44. The van der Waals surface area contributed by atoms with Crippen molar-refractivity contribution in [3.05, 3.63) is 90.3 Å². The van der Waals surface area contributed by atoms with E-state index >= 15 is 8.78 Å². The summed E-state index contributed by atoms with van der Waals surface area (Å²) in [6, 6.07) is 7.33. The van der Waals surface area contributed by atoms with E-state index in [2.05, 4.69) is 22.2 Å². The molecule has 2 amide bonds. The van der Waals surface area contributed by atoms with Crippen LogP contribution in [0.15, 0.2) is 72.4 Å². The first kappa shape index (κ1) is 31.4. The van der Waals surface area contributed by atoms with Crippen LogP contribution in [0, 0.1) is 18.6 Å². The van der Waals surface area contributed by atoms with Gasteiger partial charge in [0, 0.05) is 49.4 Å². The van der Waals surface area contributed by atoms with Crippen LogP contribution < -0.4 is 15.4 Å². The third kappa shape index (κ3) is 6.62. The number of rotatable bonds is 10. The third-order valence-electron chi connectivity index (χ3n) is 6.21. The number of amides is 2. The Morgan fingerprint density at radius 1 is 1.14 bits per heavy atom. The molecule has 1 atom stereocenters. The number of carbonyl (C=O) groups is 1. The minimum absolute atomic E-state index is 0.123. The van der Waals surface area contributed by atoms with E-state index in [1.54, 1.807) is 6.92 Å². The molecule has 1 unspecified atom stereocenters. The molecule has 0 aliphatic rings. The molecular formula is C28H25F5N4O5S. The van der Waals surface area contributed by atoms with E-state index in [0.29, 0.717) is 10.0 Å². The molecule has 0 aliphatic carbocycles. The molecule has 0 saturated carbocycles. The van der Waals surface area contributed by atoms with Crippen molar-refractivity contribution in [1.29, 1.82) is 0 Å². The molecule has 4 rings (SSSR count). The predicted octanol–water partition coefficient (Wildman–Crippen LogP) is 6.25. The molecular weight excluding hydrogens is 599 g/mol. The Hall–Kier alpha value is -4.50. The number of allylic oxidation sites excluding steroid dienone is 1. The van der Waals surface area contributed by atoms with Crippen molar-refractivity contribution < 1.29 is 44.6 Å². The summed E-state index contributed by atoms with van der Waals surface area (Å²) in [5.74, 6) is -6.53. The largest absolute Gasteiger partial charge is 0.450 e. The smallest absolute Gasteiger partial charge is 0.399 e. The van der Waals surface area contributed by atoms with Gasteiger partial charge in [0.05, 0.1) is 22.8 Å². The molecule has 2 N–H and O–H groups in total. The van der Waals surface area contributed by atoms with Crippen molar-refractivity contribution in [2.75, 3.05) is 25.6 Å². The van der Waals surface area contributed by atoms with Crippen LogP contribution in [-0.4, -0.2) is 49.8 Å². The van der Waals surface area contributed by atoms with Crippen molar-refractivity contribution in [1.82, 2.24) is 14.3 Å². The highest BCUT2D eigenvalue weighted by molar-refractivity contribution is 7.90. The number of anilines is 1. The Balaban J connectivity index is 1.83. The Kier molecular flexibility index (Phi) is 9.06. The van der Waals surface area contributed by atoms with Crippen LogP contribution in [-0.2, 0) is 14.8 Å². The summed E-state index contributed by atoms with van der Waals surface area (Å²) in [7, 11) is -3.07. The van der Waals surface area contributed by atoms with Gasteiger partial charge in [0.1, 0.15) is 5.75 Å². The number of alkyl halides is 3. The lowest BCUT2D eigenvalue weighted by molar-refractivity contribution is -0.139. The van der Waals surface area contributed by atoms with Crippen LogP contribution in [0.2, 0.25) is 0 Å². The number of aromatic nitrogens is 2. The van der Waals surface area contributed by atoms with Gasteiger partial charge in [0.2, 0.25) is 0 Å². The maximum absolute atomic E-state index is 15.0. The number of hydrogen-bond acceptors (Lipinski definition) is 6. The van der Waals surface area contributed by atoms with E-state index in [1.807, 2.05) is 0 Å². The van der Waals surface area contributed by atoms with Gasteiger partial charge in [0.15, 0.2) is 23.0 Å². The Morgan fingerprint density at radius 2 is 1.79 bits per heavy atom. The van der Waals surface area contributed by atoms with Crippen LogP contribution in [0.4, 0.5) is 32.4 Å². The molecule has 0 fully saturated rings. The lowest BCUT2D eigenvalue weighted by Gasteiger charge is -2.17. The first-order chi connectivity index (χ1) is 20.3. The fraction of sp³-hybridized carbons (Fsp3) is 0.214. The van der Waals surface area contributed by atoms with Crippen molar-refractivity contribution in [2.24, 2.45) is 0 Å². The summed E-state index contributed by atoms with van der Waals surface area (Å²) in [5.41, 5.74) is -0.636. The second kappa shape index (κ2) is 12.4. The topological polar surface area (TPSA) is 112 Å². The monoisotopic (exact) mass is 624 g/mol. The third-order valence-corrected chi connectivity index (χ3v) is 7.87. The van der Waals surface area contributed by atoms with Crippen molar-refractivity contribution in [3.63, 3.8) is 0 Å². The molecule has 0 saturated heterocycles. The highest BCUT2D eigenvalue weighted by Gasteiger charge is 2.42. The van der Waals surface area contributed by atoms with Gasteiger partial charge in [-0.25, -0.2) is 30.9 Å². The van der Waals surface area contributed by atoms with Crippen LogP contribution >= 0.6 is 0 Å². The Labute approximate surface area is 243 Å². The van der Waals surface area contributed by atoms with Gasteiger partial charge < -0.3 is 20.1 Å². The number of benzene rings is 2. The number of nitrogens with zero attached hydrogens (tertiary/aromatic N) is 2. The lowest BCUT2D eigenvalue weighted by atomic mass is 9.98. The number of halogens is 5.